The molecule has 0 saturated carbocycles. The molecule has 4 heteroatoms. The number of hydrogen-bond donors (Lipinski definition) is 1. The van der Waals surface area contributed by atoms with Gasteiger partial charge in [-0.2, -0.15) is 5.10 Å². The van der Waals surface area contributed by atoms with Crippen molar-refractivity contribution in [3.8, 4) is 0 Å². The number of nitrogens with one attached hydrogen (secondary N) is 1. The number of fused-ring (bicyclic) bond motifs is 1. The Labute approximate surface area is 107 Å². The molecule has 0 spiro atoms. The third kappa shape index (κ3) is 2.88. The molecule has 0 atom stereocenters. The number of ether oxygens (including phenoxy) is 1. The summed E-state index contributed by atoms with van der Waals surface area (Å²) in [7, 11) is 1.32. The first kappa shape index (κ1) is 12.6. The number of aryl methyl sites for hydroxylation is 2. The first-order chi connectivity index (χ1) is 8.70. The Bertz CT molecular complexity index is 481. The Morgan fingerprint density at radius 3 is 2.72 bits per heavy atom. The molecule has 4 nitrogen and oxygen atoms in total. The molecule has 0 radical (unpaired) electrons. The fourth-order valence-corrected chi connectivity index (χ4v) is 2.20. The standard InChI is InChI=1S/C14H18N2O2/c1-10(15-16-14(17)18-2)12-8-7-11-5-3-4-6-13(11)9-12/h7-9H,3-6H2,1-2H3,(H,16,17)/b15-10-. The van der Waals surface area contributed by atoms with Crippen LogP contribution in [0.25, 0.3) is 0 Å². The van der Waals surface area contributed by atoms with Crippen LogP contribution in [0.5, 0.6) is 0 Å². The Kier molecular flexibility index (Phi) is 3.97. The zero-order valence-electron chi connectivity index (χ0n) is 10.8. The van der Waals surface area contributed by atoms with Crippen molar-refractivity contribution in [2.45, 2.75) is 32.6 Å². The lowest BCUT2D eigenvalue weighted by Crippen LogP contribution is -2.18. The summed E-state index contributed by atoms with van der Waals surface area (Å²) in [4.78, 5) is 10.9. The number of rotatable bonds is 2. The highest BCUT2D eigenvalue weighted by atomic mass is 16.5. The highest BCUT2D eigenvalue weighted by Gasteiger charge is 2.10. The topological polar surface area (TPSA) is 50.7 Å². The lowest BCUT2D eigenvalue weighted by atomic mass is 9.90. The Balaban J connectivity index is 2.15. The van der Waals surface area contributed by atoms with Crippen LogP contribution >= 0.6 is 0 Å². The molecule has 1 aromatic carbocycles. The van der Waals surface area contributed by atoms with E-state index < -0.39 is 6.09 Å². The number of hydrazone groups is 1. The molecule has 18 heavy (non-hydrogen) atoms. The van der Waals surface area contributed by atoms with Gasteiger partial charge in [0.25, 0.3) is 0 Å². The number of nitrogens with zero attached hydrogens (tertiary/aromatic N) is 1. The molecule has 0 unspecified atom stereocenters. The maximum absolute atomic E-state index is 10.9. The molecule has 1 aromatic rings. The number of amides is 1. The van der Waals surface area contributed by atoms with Gasteiger partial charge in [0.1, 0.15) is 0 Å². The van der Waals surface area contributed by atoms with Gasteiger partial charge in [-0.05, 0) is 55.4 Å². The van der Waals surface area contributed by atoms with E-state index in [-0.39, 0.29) is 0 Å². The highest BCUT2D eigenvalue weighted by molar-refractivity contribution is 5.99. The molecule has 96 valence electrons. The van der Waals surface area contributed by atoms with Crippen molar-refractivity contribution in [1.29, 1.82) is 0 Å². The summed E-state index contributed by atoms with van der Waals surface area (Å²) in [5.74, 6) is 0. The summed E-state index contributed by atoms with van der Waals surface area (Å²) in [6.07, 6.45) is 4.30. The fraction of sp³-hybridized carbons (Fsp3) is 0.429. The zero-order valence-corrected chi connectivity index (χ0v) is 10.8. The van der Waals surface area contributed by atoms with Crippen LogP contribution in [-0.2, 0) is 17.6 Å². The van der Waals surface area contributed by atoms with Crippen LogP contribution in [0.2, 0.25) is 0 Å². The third-order valence-corrected chi connectivity index (χ3v) is 3.27. The van der Waals surface area contributed by atoms with Crippen molar-refractivity contribution in [2.75, 3.05) is 7.11 Å². The van der Waals surface area contributed by atoms with Crippen LogP contribution in [0.4, 0.5) is 4.79 Å². The normalized spacial score (nSPS) is 14.9. The number of hydrogen-bond acceptors (Lipinski definition) is 3. The third-order valence-electron chi connectivity index (χ3n) is 3.27. The molecule has 0 bridgehead atoms. The second kappa shape index (κ2) is 5.67. The van der Waals surface area contributed by atoms with Gasteiger partial charge in [-0.15, -0.1) is 0 Å². The maximum Gasteiger partial charge on any atom is 0.427 e. The van der Waals surface area contributed by atoms with E-state index in [1.54, 1.807) is 0 Å². The van der Waals surface area contributed by atoms with E-state index in [1.807, 2.05) is 6.92 Å². The van der Waals surface area contributed by atoms with Gasteiger partial charge in [0.15, 0.2) is 0 Å². The van der Waals surface area contributed by atoms with E-state index in [2.05, 4.69) is 33.5 Å². The quantitative estimate of drug-likeness (QED) is 0.644. The number of carbonyl (C=O) groups is 1. The van der Waals surface area contributed by atoms with E-state index in [0.29, 0.717) is 0 Å². The minimum Gasteiger partial charge on any atom is -0.452 e. The van der Waals surface area contributed by atoms with Gasteiger partial charge in [-0.25, -0.2) is 10.2 Å². The van der Waals surface area contributed by atoms with Crippen LogP contribution in [0, 0.1) is 0 Å². The van der Waals surface area contributed by atoms with Gasteiger partial charge in [0.2, 0.25) is 0 Å². The molecule has 1 amide bonds. The fourth-order valence-electron chi connectivity index (χ4n) is 2.20. The van der Waals surface area contributed by atoms with Gasteiger partial charge in [-0.3, -0.25) is 0 Å². The van der Waals surface area contributed by atoms with Crippen molar-refractivity contribution in [1.82, 2.24) is 5.43 Å². The molecule has 0 fully saturated rings. The average Bonchev–Trinajstić information content (AvgIpc) is 2.43. The lowest BCUT2D eigenvalue weighted by molar-refractivity contribution is 0.171. The van der Waals surface area contributed by atoms with E-state index in [9.17, 15) is 4.79 Å². The molecular formula is C14H18N2O2. The summed E-state index contributed by atoms with van der Waals surface area (Å²) < 4.78 is 4.47. The molecule has 1 N–H and O–H groups in total. The molecule has 1 aliphatic carbocycles. The summed E-state index contributed by atoms with van der Waals surface area (Å²) in [5, 5.41) is 4.01. The first-order valence-corrected chi connectivity index (χ1v) is 6.21. The van der Waals surface area contributed by atoms with E-state index in [4.69, 9.17) is 0 Å². The molecule has 0 aromatic heterocycles. The van der Waals surface area contributed by atoms with Gasteiger partial charge in [-0.1, -0.05) is 12.1 Å². The molecule has 0 aliphatic heterocycles. The predicted octanol–water partition coefficient (Wildman–Crippen LogP) is 2.65. The SMILES string of the molecule is COC(=O)N/N=C(/C)c1ccc2c(c1)CCCC2. The Morgan fingerprint density at radius 2 is 2.00 bits per heavy atom. The summed E-state index contributed by atoms with van der Waals surface area (Å²) in [6, 6.07) is 6.40. The Morgan fingerprint density at radius 1 is 1.28 bits per heavy atom. The highest BCUT2D eigenvalue weighted by Crippen LogP contribution is 2.22. The van der Waals surface area contributed by atoms with Crippen molar-refractivity contribution in [3.63, 3.8) is 0 Å². The van der Waals surface area contributed by atoms with Gasteiger partial charge >= 0.3 is 6.09 Å². The van der Waals surface area contributed by atoms with Gasteiger partial charge in [0.05, 0.1) is 12.8 Å². The van der Waals surface area contributed by atoms with Crippen LogP contribution in [0.15, 0.2) is 23.3 Å². The molecule has 1 aliphatic rings. The smallest absolute Gasteiger partial charge is 0.427 e. The van der Waals surface area contributed by atoms with Gasteiger partial charge in [0, 0.05) is 0 Å². The molecular weight excluding hydrogens is 228 g/mol. The van der Waals surface area contributed by atoms with Crippen LogP contribution in [0.3, 0.4) is 0 Å². The largest absolute Gasteiger partial charge is 0.452 e. The van der Waals surface area contributed by atoms with Crippen LogP contribution in [0.1, 0.15) is 36.5 Å². The number of methoxy groups -OCH3 is 1. The van der Waals surface area contributed by atoms with E-state index in [0.717, 1.165) is 17.7 Å². The molecule has 0 heterocycles. The Hall–Kier alpha value is -1.84. The van der Waals surface area contributed by atoms with Gasteiger partial charge < -0.3 is 4.74 Å². The first-order valence-electron chi connectivity index (χ1n) is 6.21. The average molecular weight is 246 g/mol. The van der Waals surface area contributed by atoms with Crippen molar-refractivity contribution < 1.29 is 9.53 Å². The second-order valence-electron chi connectivity index (χ2n) is 4.49. The van der Waals surface area contributed by atoms with Crippen LogP contribution < -0.4 is 5.43 Å². The summed E-state index contributed by atoms with van der Waals surface area (Å²) in [5.41, 5.74) is 7.02. The summed E-state index contributed by atoms with van der Waals surface area (Å²) in [6.45, 7) is 1.88. The maximum atomic E-state index is 10.9. The van der Waals surface area contributed by atoms with E-state index in [1.165, 1.54) is 37.5 Å². The van der Waals surface area contributed by atoms with Crippen molar-refractivity contribution in [2.24, 2.45) is 5.10 Å². The predicted molar refractivity (Wildman–Crippen MR) is 70.8 cm³/mol. The second-order valence-corrected chi connectivity index (χ2v) is 4.49. The molecule has 0 saturated heterocycles. The summed E-state index contributed by atoms with van der Waals surface area (Å²) >= 11 is 0. The van der Waals surface area contributed by atoms with Crippen molar-refractivity contribution >= 4 is 11.8 Å². The lowest BCUT2D eigenvalue weighted by Gasteiger charge is -2.16. The number of benzene rings is 1. The minimum absolute atomic E-state index is 0.549. The minimum atomic E-state index is -0.549. The number of carbonyl (C=O) groups excluding carboxylic acids is 1. The van der Waals surface area contributed by atoms with Crippen molar-refractivity contribution in [3.05, 3.63) is 34.9 Å². The monoisotopic (exact) mass is 246 g/mol. The van der Waals surface area contributed by atoms with Crippen LogP contribution in [-0.4, -0.2) is 18.9 Å². The molecule has 2 rings (SSSR count). The zero-order chi connectivity index (χ0) is 13.0. The van der Waals surface area contributed by atoms with E-state index >= 15 is 0 Å².